The first kappa shape index (κ1) is 15.7. The lowest BCUT2D eigenvalue weighted by Crippen LogP contribution is -2.38. The summed E-state index contributed by atoms with van der Waals surface area (Å²) in [4.78, 5) is 17.1. The molecule has 23 heavy (non-hydrogen) atoms. The Morgan fingerprint density at radius 1 is 1.35 bits per heavy atom. The summed E-state index contributed by atoms with van der Waals surface area (Å²) >= 11 is 0. The number of rotatable bonds is 2. The van der Waals surface area contributed by atoms with Crippen LogP contribution in [-0.4, -0.2) is 38.3 Å². The number of nitrogens with one attached hydrogen (secondary N) is 1. The van der Waals surface area contributed by atoms with E-state index in [1.54, 1.807) is 19.2 Å². The number of Topliss-reactive ketones (excluding diaryl/α,β-unsaturated/α-hetero) is 1. The second-order valence-electron chi connectivity index (χ2n) is 6.07. The number of carbonyl (C=O) groups is 1. The molecule has 0 unspecified atom stereocenters. The molecule has 3 aliphatic rings. The third kappa shape index (κ3) is 2.35. The molecule has 2 heterocycles. The highest BCUT2D eigenvalue weighted by atomic mass is 32.2. The van der Waals surface area contributed by atoms with Crippen LogP contribution in [0, 0.1) is 0 Å². The van der Waals surface area contributed by atoms with E-state index in [1.165, 1.54) is 7.05 Å². The fourth-order valence-corrected chi connectivity index (χ4v) is 4.56. The van der Waals surface area contributed by atoms with Gasteiger partial charge in [0.25, 0.3) is 10.0 Å². The fraction of sp³-hybridized carbons (Fsp3) is 0.375. The van der Waals surface area contributed by atoms with E-state index in [4.69, 9.17) is 0 Å². The van der Waals surface area contributed by atoms with E-state index < -0.39 is 10.0 Å². The molecule has 0 amide bonds. The maximum Gasteiger partial charge on any atom is 0.264 e. The average molecular weight is 333 g/mol. The van der Waals surface area contributed by atoms with Gasteiger partial charge in [0, 0.05) is 24.5 Å². The van der Waals surface area contributed by atoms with Crippen LogP contribution in [0.25, 0.3) is 0 Å². The fourth-order valence-electron chi connectivity index (χ4n) is 2.98. The number of hydrogen-bond acceptors (Lipinski definition) is 5. The first-order chi connectivity index (χ1) is 10.7. The Morgan fingerprint density at radius 2 is 2.04 bits per heavy atom. The SMILES string of the molecule is CC1=CC2=C(C1)C(=O)/C(=C(\C)NC1=C(C)CN=C1)N(C)S2(=O)=O. The van der Waals surface area contributed by atoms with Crippen molar-refractivity contribution in [3.63, 3.8) is 0 Å². The van der Waals surface area contributed by atoms with Crippen molar-refractivity contribution in [2.24, 2.45) is 4.99 Å². The minimum atomic E-state index is -3.68. The summed E-state index contributed by atoms with van der Waals surface area (Å²) in [7, 11) is -2.26. The van der Waals surface area contributed by atoms with Crippen molar-refractivity contribution >= 4 is 22.0 Å². The number of hydrogen-bond donors (Lipinski definition) is 1. The molecule has 1 N–H and O–H groups in total. The van der Waals surface area contributed by atoms with E-state index in [1.807, 2.05) is 13.8 Å². The Labute approximate surface area is 136 Å². The van der Waals surface area contributed by atoms with Gasteiger partial charge in [-0.1, -0.05) is 5.57 Å². The molecule has 2 aliphatic heterocycles. The van der Waals surface area contributed by atoms with Crippen LogP contribution in [0.5, 0.6) is 0 Å². The van der Waals surface area contributed by atoms with Crippen LogP contribution >= 0.6 is 0 Å². The number of allylic oxidation sites excluding steroid dienone is 5. The maximum absolute atomic E-state index is 12.8. The Kier molecular flexibility index (Phi) is 3.55. The van der Waals surface area contributed by atoms with Crippen molar-refractivity contribution in [1.82, 2.24) is 9.62 Å². The zero-order valence-electron chi connectivity index (χ0n) is 13.6. The Balaban J connectivity index is 2.08. The van der Waals surface area contributed by atoms with Gasteiger partial charge in [0.15, 0.2) is 0 Å². The summed E-state index contributed by atoms with van der Waals surface area (Å²) in [6.45, 7) is 6.11. The van der Waals surface area contributed by atoms with Gasteiger partial charge in [-0.2, -0.15) is 0 Å². The molecule has 0 aromatic rings. The Bertz CT molecular complexity index is 870. The lowest BCUT2D eigenvalue weighted by atomic mass is 10.0. The normalized spacial score (nSPS) is 25.1. The summed E-state index contributed by atoms with van der Waals surface area (Å²) in [6, 6.07) is 0. The number of aliphatic imine (C=N–C) groups is 1. The highest BCUT2D eigenvalue weighted by Gasteiger charge is 2.41. The van der Waals surface area contributed by atoms with Crippen molar-refractivity contribution in [3.05, 3.63) is 44.8 Å². The van der Waals surface area contributed by atoms with Gasteiger partial charge in [-0.3, -0.25) is 14.1 Å². The van der Waals surface area contributed by atoms with E-state index >= 15 is 0 Å². The average Bonchev–Trinajstić information content (AvgIpc) is 3.05. The van der Waals surface area contributed by atoms with Gasteiger partial charge < -0.3 is 5.32 Å². The molecule has 7 heteroatoms. The standard InChI is InChI=1S/C16H19N3O3S/c1-9-5-12-14(6-9)23(21,22)19(4)15(16(12)20)11(3)18-13-8-17-7-10(13)2/h6,8,18H,5,7H2,1-4H3/b15-11-. The summed E-state index contributed by atoms with van der Waals surface area (Å²) < 4.78 is 26.4. The highest BCUT2D eigenvalue weighted by molar-refractivity contribution is 7.93. The quantitative estimate of drug-likeness (QED) is 0.779. The van der Waals surface area contributed by atoms with Crippen molar-refractivity contribution in [3.8, 4) is 0 Å². The Hall–Kier alpha value is -2.15. The molecular weight excluding hydrogens is 314 g/mol. The number of likely N-dealkylation sites (N-methyl/N-ethyl adjacent to an activating group) is 1. The van der Waals surface area contributed by atoms with Crippen molar-refractivity contribution in [2.45, 2.75) is 27.2 Å². The van der Waals surface area contributed by atoms with E-state index in [0.29, 0.717) is 24.2 Å². The summed E-state index contributed by atoms with van der Waals surface area (Å²) in [6.07, 6.45) is 3.68. The van der Waals surface area contributed by atoms with Gasteiger partial charge >= 0.3 is 0 Å². The third-order valence-electron chi connectivity index (χ3n) is 4.26. The van der Waals surface area contributed by atoms with Gasteiger partial charge in [-0.15, -0.1) is 0 Å². The number of sulfonamides is 1. The van der Waals surface area contributed by atoms with Gasteiger partial charge in [0.1, 0.15) is 5.70 Å². The predicted molar refractivity (Wildman–Crippen MR) is 89.0 cm³/mol. The first-order valence-electron chi connectivity index (χ1n) is 7.35. The van der Waals surface area contributed by atoms with Crippen molar-refractivity contribution in [2.75, 3.05) is 13.6 Å². The molecule has 0 aromatic carbocycles. The summed E-state index contributed by atoms with van der Waals surface area (Å²) in [5, 5.41) is 3.13. The van der Waals surface area contributed by atoms with Crippen LogP contribution in [0.4, 0.5) is 0 Å². The zero-order chi connectivity index (χ0) is 16.9. The smallest absolute Gasteiger partial charge is 0.264 e. The van der Waals surface area contributed by atoms with Gasteiger partial charge in [-0.05, 0) is 38.8 Å². The van der Waals surface area contributed by atoms with Crippen molar-refractivity contribution in [1.29, 1.82) is 0 Å². The molecule has 6 nitrogen and oxygen atoms in total. The maximum atomic E-state index is 12.8. The van der Waals surface area contributed by atoms with Crippen LogP contribution in [-0.2, 0) is 14.8 Å². The minimum Gasteiger partial charge on any atom is -0.356 e. The molecule has 0 spiro atoms. The monoisotopic (exact) mass is 333 g/mol. The topological polar surface area (TPSA) is 78.8 Å². The molecule has 0 aromatic heterocycles. The molecule has 1 aliphatic carbocycles. The minimum absolute atomic E-state index is 0.136. The Morgan fingerprint density at radius 3 is 2.65 bits per heavy atom. The first-order valence-corrected chi connectivity index (χ1v) is 8.79. The van der Waals surface area contributed by atoms with Gasteiger partial charge in [0.05, 0.1) is 17.1 Å². The predicted octanol–water partition coefficient (Wildman–Crippen LogP) is 1.61. The van der Waals surface area contributed by atoms with E-state index in [0.717, 1.165) is 21.1 Å². The summed E-state index contributed by atoms with van der Waals surface area (Å²) in [5.41, 5.74) is 3.80. The molecule has 122 valence electrons. The van der Waals surface area contributed by atoms with E-state index in [2.05, 4.69) is 10.3 Å². The van der Waals surface area contributed by atoms with E-state index in [-0.39, 0.29) is 16.4 Å². The second kappa shape index (κ2) is 5.19. The number of carbonyl (C=O) groups excluding carboxylic acids is 1. The van der Waals surface area contributed by atoms with E-state index in [9.17, 15) is 13.2 Å². The highest BCUT2D eigenvalue weighted by Crippen LogP contribution is 2.38. The van der Waals surface area contributed by atoms with Crippen molar-refractivity contribution < 1.29 is 13.2 Å². The molecule has 3 rings (SSSR count). The second-order valence-corrected chi connectivity index (χ2v) is 8.01. The van der Waals surface area contributed by atoms with Crippen LogP contribution in [0.15, 0.2) is 49.8 Å². The van der Waals surface area contributed by atoms with Gasteiger partial charge in [-0.25, -0.2) is 8.42 Å². The number of ketones is 1. The largest absolute Gasteiger partial charge is 0.356 e. The third-order valence-corrected chi connectivity index (χ3v) is 6.08. The van der Waals surface area contributed by atoms with Crippen LogP contribution < -0.4 is 5.32 Å². The lowest BCUT2D eigenvalue weighted by Gasteiger charge is -2.29. The molecule has 0 fully saturated rings. The molecule has 0 bridgehead atoms. The summed E-state index contributed by atoms with van der Waals surface area (Å²) in [5.74, 6) is -0.233. The lowest BCUT2D eigenvalue weighted by molar-refractivity contribution is -0.113. The molecular formula is C16H19N3O3S. The number of nitrogens with zero attached hydrogens (tertiary/aromatic N) is 2. The van der Waals surface area contributed by atoms with Crippen LogP contribution in [0.1, 0.15) is 27.2 Å². The molecule has 0 saturated heterocycles. The molecule has 0 saturated carbocycles. The zero-order valence-corrected chi connectivity index (χ0v) is 14.4. The molecule has 0 radical (unpaired) electrons. The van der Waals surface area contributed by atoms with Crippen LogP contribution in [0.3, 0.4) is 0 Å². The molecule has 0 atom stereocenters. The van der Waals surface area contributed by atoms with Crippen LogP contribution in [0.2, 0.25) is 0 Å². The van der Waals surface area contributed by atoms with Gasteiger partial charge in [0.2, 0.25) is 5.78 Å².